The second kappa shape index (κ2) is 5.28. The van der Waals surface area contributed by atoms with Crippen LogP contribution in [0.3, 0.4) is 0 Å². The lowest BCUT2D eigenvalue weighted by Crippen LogP contribution is -2.39. The summed E-state index contributed by atoms with van der Waals surface area (Å²) < 4.78 is 11.4. The molecule has 3 rings (SSSR count). The van der Waals surface area contributed by atoms with Gasteiger partial charge in [0.2, 0.25) is 0 Å². The third-order valence-electron chi connectivity index (χ3n) is 4.81. The summed E-state index contributed by atoms with van der Waals surface area (Å²) in [5, 5.41) is 11.2. The molecule has 1 aliphatic heterocycles. The van der Waals surface area contributed by atoms with E-state index in [-0.39, 0.29) is 5.92 Å². The van der Waals surface area contributed by atoms with E-state index < -0.39 is 5.60 Å². The minimum atomic E-state index is -0.734. The van der Waals surface area contributed by atoms with Crippen LogP contribution in [0, 0.1) is 11.8 Å². The van der Waals surface area contributed by atoms with Gasteiger partial charge >= 0.3 is 0 Å². The number of aliphatic hydroxyl groups is 1. The standard InChI is InChI=1S/C17H24O3/c1-12-4-5-13(2)17(18,11-12)14-6-7-15-16(10-14)20-9-3-8-19-15/h6-7,10,12-13,18H,3-5,8-9,11H2,1-2H3. The number of ether oxygens (including phenoxy) is 2. The predicted molar refractivity (Wildman–Crippen MR) is 78.1 cm³/mol. The summed E-state index contributed by atoms with van der Waals surface area (Å²) in [6.45, 7) is 5.75. The summed E-state index contributed by atoms with van der Waals surface area (Å²) in [4.78, 5) is 0. The Morgan fingerprint density at radius 2 is 1.85 bits per heavy atom. The highest BCUT2D eigenvalue weighted by atomic mass is 16.5. The van der Waals surface area contributed by atoms with Crippen molar-refractivity contribution in [1.29, 1.82) is 0 Å². The predicted octanol–water partition coefficient (Wildman–Crippen LogP) is 3.49. The van der Waals surface area contributed by atoms with Crippen molar-refractivity contribution in [2.75, 3.05) is 13.2 Å². The molecule has 20 heavy (non-hydrogen) atoms. The van der Waals surface area contributed by atoms with Gasteiger partial charge in [-0.2, -0.15) is 0 Å². The van der Waals surface area contributed by atoms with Gasteiger partial charge in [-0.3, -0.25) is 0 Å². The van der Waals surface area contributed by atoms with Crippen LogP contribution in [0.5, 0.6) is 11.5 Å². The van der Waals surface area contributed by atoms with E-state index in [1.165, 1.54) is 6.42 Å². The van der Waals surface area contributed by atoms with Crippen molar-refractivity contribution in [2.24, 2.45) is 11.8 Å². The molecule has 1 N–H and O–H groups in total. The normalized spacial score (nSPS) is 33.5. The van der Waals surface area contributed by atoms with E-state index in [0.717, 1.165) is 36.3 Å². The minimum absolute atomic E-state index is 0.281. The van der Waals surface area contributed by atoms with Crippen molar-refractivity contribution < 1.29 is 14.6 Å². The molecule has 3 atom stereocenters. The second-order valence-electron chi connectivity index (χ2n) is 6.42. The van der Waals surface area contributed by atoms with Crippen LogP contribution in [-0.2, 0) is 5.60 Å². The average molecular weight is 276 g/mol. The molecule has 0 amide bonds. The smallest absolute Gasteiger partial charge is 0.161 e. The number of hydrogen-bond donors (Lipinski definition) is 1. The molecular formula is C17H24O3. The number of hydrogen-bond acceptors (Lipinski definition) is 3. The van der Waals surface area contributed by atoms with Gasteiger partial charge < -0.3 is 14.6 Å². The van der Waals surface area contributed by atoms with Crippen molar-refractivity contribution in [3.05, 3.63) is 23.8 Å². The van der Waals surface area contributed by atoms with Gasteiger partial charge in [0.1, 0.15) is 0 Å². The first-order valence-corrected chi connectivity index (χ1v) is 7.72. The van der Waals surface area contributed by atoms with Gasteiger partial charge in [-0.15, -0.1) is 0 Å². The van der Waals surface area contributed by atoms with Gasteiger partial charge in [-0.1, -0.05) is 26.3 Å². The quantitative estimate of drug-likeness (QED) is 0.853. The van der Waals surface area contributed by atoms with Crippen molar-refractivity contribution in [2.45, 2.75) is 45.1 Å². The van der Waals surface area contributed by atoms with Gasteiger partial charge in [-0.05, 0) is 42.4 Å². The Labute approximate surface area is 120 Å². The SMILES string of the molecule is CC1CCC(C)C(O)(c2ccc3c(c2)OCCCO3)C1. The highest BCUT2D eigenvalue weighted by molar-refractivity contribution is 5.45. The molecule has 0 aromatic heterocycles. The Morgan fingerprint density at radius 1 is 1.10 bits per heavy atom. The zero-order valence-corrected chi connectivity index (χ0v) is 12.4. The molecule has 0 bridgehead atoms. The highest BCUT2D eigenvalue weighted by Gasteiger charge is 2.40. The second-order valence-corrected chi connectivity index (χ2v) is 6.42. The van der Waals surface area contributed by atoms with E-state index >= 15 is 0 Å². The highest BCUT2D eigenvalue weighted by Crippen LogP contribution is 2.45. The van der Waals surface area contributed by atoms with Crippen LogP contribution in [0.15, 0.2) is 18.2 Å². The minimum Gasteiger partial charge on any atom is -0.490 e. The van der Waals surface area contributed by atoms with Crippen molar-refractivity contribution in [3.8, 4) is 11.5 Å². The third-order valence-corrected chi connectivity index (χ3v) is 4.81. The van der Waals surface area contributed by atoms with Gasteiger partial charge in [0, 0.05) is 6.42 Å². The average Bonchev–Trinajstić information content (AvgIpc) is 2.67. The van der Waals surface area contributed by atoms with Crippen LogP contribution in [0.2, 0.25) is 0 Å². The first kappa shape index (κ1) is 13.7. The summed E-state index contributed by atoms with van der Waals surface area (Å²) in [6, 6.07) is 5.93. The monoisotopic (exact) mass is 276 g/mol. The van der Waals surface area contributed by atoms with Crippen LogP contribution in [0.25, 0.3) is 0 Å². The van der Waals surface area contributed by atoms with Crippen LogP contribution in [0.4, 0.5) is 0 Å². The molecule has 3 nitrogen and oxygen atoms in total. The van der Waals surface area contributed by atoms with Gasteiger partial charge in [0.15, 0.2) is 11.5 Å². The summed E-state index contributed by atoms with van der Waals surface area (Å²) in [5.41, 5.74) is 0.239. The van der Waals surface area contributed by atoms with E-state index in [1.54, 1.807) is 0 Å². The summed E-state index contributed by atoms with van der Waals surface area (Å²) in [5.74, 6) is 2.42. The molecular weight excluding hydrogens is 252 g/mol. The van der Waals surface area contributed by atoms with E-state index in [4.69, 9.17) is 9.47 Å². The van der Waals surface area contributed by atoms with E-state index in [0.29, 0.717) is 19.1 Å². The molecule has 1 aromatic rings. The zero-order valence-electron chi connectivity index (χ0n) is 12.4. The summed E-state index contributed by atoms with van der Waals surface area (Å²) >= 11 is 0. The maximum atomic E-state index is 11.2. The Bertz CT molecular complexity index is 485. The fraction of sp³-hybridized carbons (Fsp3) is 0.647. The van der Waals surface area contributed by atoms with Crippen LogP contribution < -0.4 is 9.47 Å². The summed E-state index contributed by atoms with van der Waals surface area (Å²) in [6.07, 6.45) is 4.01. The molecule has 1 aromatic carbocycles. The van der Waals surface area contributed by atoms with Crippen molar-refractivity contribution in [1.82, 2.24) is 0 Å². The molecule has 3 unspecified atom stereocenters. The number of benzene rings is 1. The number of rotatable bonds is 1. The molecule has 1 saturated carbocycles. The molecule has 3 heteroatoms. The van der Waals surface area contributed by atoms with Crippen molar-refractivity contribution in [3.63, 3.8) is 0 Å². The fourth-order valence-electron chi connectivity index (χ4n) is 3.44. The number of fused-ring (bicyclic) bond motifs is 1. The molecule has 1 heterocycles. The lowest BCUT2D eigenvalue weighted by Gasteiger charge is -2.41. The topological polar surface area (TPSA) is 38.7 Å². The van der Waals surface area contributed by atoms with E-state index in [2.05, 4.69) is 13.8 Å². The first-order valence-electron chi connectivity index (χ1n) is 7.72. The molecule has 110 valence electrons. The lowest BCUT2D eigenvalue weighted by atomic mass is 9.69. The van der Waals surface area contributed by atoms with Crippen LogP contribution >= 0.6 is 0 Å². The van der Waals surface area contributed by atoms with Crippen LogP contribution in [-0.4, -0.2) is 18.3 Å². The van der Waals surface area contributed by atoms with Crippen LogP contribution in [0.1, 0.15) is 45.1 Å². The first-order chi connectivity index (χ1) is 9.59. The van der Waals surface area contributed by atoms with Gasteiger partial charge in [0.05, 0.1) is 18.8 Å². The third kappa shape index (κ3) is 2.39. The molecule has 0 spiro atoms. The molecule has 0 radical (unpaired) electrons. The Hall–Kier alpha value is -1.22. The van der Waals surface area contributed by atoms with Gasteiger partial charge in [-0.25, -0.2) is 0 Å². The Balaban J connectivity index is 1.95. The molecule has 1 fully saturated rings. The van der Waals surface area contributed by atoms with Crippen molar-refractivity contribution >= 4 is 0 Å². The van der Waals surface area contributed by atoms with Gasteiger partial charge in [0.25, 0.3) is 0 Å². The fourth-order valence-corrected chi connectivity index (χ4v) is 3.44. The Morgan fingerprint density at radius 3 is 2.65 bits per heavy atom. The zero-order chi connectivity index (χ0) is 14.2. The summed E-state index contributed by atoms with van der Waals surface area (Å²) in [7, 11) is 0. The maximum Gasteiger partial charge on any atom is 0.161 e. The maximum absolute atomic E-state index is 11.2. The van der Waals surface area contributed by atoms with E-state index in [9.17, 15) is 5.11 Å². The molecule has 0 saturated heterocycles. The van der Waals surface area contributed by atoms with E-state index in [1.807, 2.05) is 18.2 Å². The molecule has 2 aliphatic rings. The molecule has 1 aliphatic carbocycles. The lowest BCUT2D eigenvalue weighted by molar-refractivity contribution is -0.0628. The largest absolute Gasteiger partial charge is 0.490 e. The Kier molecular flexibility index (Phi) is 3.63.